The second-order valence-corrected chi connectivity index (χ2v) is 10.7. The van der Waals surface area contributed by atoms with Gasteiger partial charge in [0.1, 0.15) is 11.2 Å². The average Bonchev–Trinajstić information content (AvgIpc) is 3.28. The Morgan fingerprint density at radius 3 is 2.36 bits per heavy atom. The minimum atomic E-state index is -0.0341. The van der Waals surface area contributed by atoms with Crippen LogP contribution >= 0.6 is 0 Å². The summed E-state index contributed by atoms with van der Waals surface area (Å²) >= 11 is 0. The molecule has 4 aromatic rings. The molecular formula is C34H29NO. The van der Waals surface area contributed by atoms with E-state index in [0.29, 0.717) is 5.92 Å². The van der Waals surface area contributed by atoms with Crippen LogP contribution < -0.4 is 5.32 Å². The number of nitrogens with one attached hydrogen (secondary N) is 1. The van der Waals surface area contributed by atoms with Gasteiger partial charge in [0.15, 0.2) is 0 Å². The van der Waals surface area contributed by atoms with Gasteiger partial charge in [-0.05, 0) is 41.5 Å². The molecule has 2 nitrogen and oxygen atoms in total. The number of benzene rings is 3. The molecule has 3 aromatic carbocycles. The molecule has 4 atom stereocenters. The van der Waals surface area contributed by atoms with Crippen molar-refractivity contribution in [3.8, 4) is 0 Å². The average molecular weight is 468 g/mol. The van der Waals surface area contributed by atoms with Crippen molar-refractivity contribution in [1.29, 1.82) is 0 Å². The van der Waals surface area contributed by atoms with Crippen molar-refractivity contribution in [1.82, 2.24) is 0 Å². The number of para-hydroxylation sites is 2. The molecule has 3 aliphatic carbocycles. The van der Waals surface area contributed by atoms with E-state index >= 15 is 0 Å². The molecule has 0 saturated heterocycles. The normalized spacial score (nSPS) is 28.2. The second-order valence-electron chi connectivity index (χ2n) is 10.7. The highest BCUT2D eigenvalue weighted by atomic mass is 16.3. The van der Waals surface area contributed by atoms with Crippen LogP contribution in [-0.2, 0) is 0 Å². The SMILES string of the molecule is CC12C=CC=CC1C=C(c1cc(Nc3ccccc3)c3c(c1)oc1ccccc13)C1C=CC=CC12C. The van der Waals surface area contributed by atoms with Gasteiger partial charge in [0, 0.05) is 33.7 Å². The number of anilines is 2. The summed E-state index contributed by atoms with van der Waals surface area (Å²) < 4.78 is 6.43. The van der Waals surface area contributed by atoms with Crippen LogP contribution in [0.4, 0.5) is 11.4 Å². The molecule has 0 aliphatic heterocycles. The first-order valence-electron chi connectivity index (χ1n) is 12.8. The van der Waals surface area contributed by atoms with Gasteiger partial charge >= 0.3 is 0 Å². The highest BCUT2D eigenvalue weighted by molar-refractivity contribution is 6.13. The molecule has 0 bridgehead atoms. The Balaban J connectivity index is 1.47. The van der Waals surface area contributed by atoms with Crippen LogP contribution in [0.15, 0.2) is 126 Å². The van der Waals surface area contributed by atoms with Crippen molar-refractivity contribution in [2.75, 3.05) is 5.32 Å². The third-order valence-corrected chi connectivity index (χ3v) is 8.79. The molecular weight excluding hydrogens is 438 g/mol. The number of hydrogen-bond acceptors (Lipinski definition) is 2. The van der Waals surface area contributed by atoms with Gasteiger partial charge in [-0.15, -0.1) is 0 Å². The third-order valence-electron chi connectivity index (χ3n) is 8.79. The fourth-order valence-corrected chi connectivity index (χ4v) is 6.56. The Bertz CT molecular complexity index is 1650. The predicted molar refractivity (Wildman–Crippen MR) is 151 cm³/mol. The van der Waals surface area contributed by atoms with E-state index in [0.717, 1.165) is 33.3 Å². The van der Waals surface area contributed by atoms with E-state index in [1.54, 1.807) is 0 Å². The molecule has 0 amide bonds. The van der Waals surface area contributed by atoms with Gasteiger partial charge in [0.05, 0.1) is 11.1 Å². The number of furan rings is 1. The lowest BCUT2D eigenvalue weighted by Crippen LogP contribution is -2.48. The summed E-state index contributed by atoms with van der Waals surface area (Å²) in [6.45, 7) is 4.83. The first-order valence-corrected chi connectivity index (χ1v) is 12.8. The molecule has 7 rings (SSSR count). The van der Waals surface area contributed by atoms with Crippen LogP contribution in [0, 0.1) is 22.7 Å². The van der Waals surface area contributed by atoms with E-state index in [-0.39, 0.29) is 16.7 Å². The molecule has 3 aliphatic rings. The van der Waals surface area contributed by atoms with Crippen LogP contribution in [0.3, 0.4) is 0 Å². The van der Waals surface area contributed by atoms with Gasteiger partial charge in [0.2, 0.25) is 0 Å². The molecule has 0 radical (unpaired) electrons. The lowest BCUT2D eigenvalue weighted by molar-refractivity contribution is 0.107. The number of fused-ring (bicyclic) bond motifs is 6. The largest absolute Gasteiger partial charge is 0.456 e. The first kappa shape index (κ1) is 21.3. The molecule has 4 unspecified atom stereocenters. The Labute approximate surface area is 212 Å². The van der Waals surface area contributed by atoms with E-state index in [2.05, 4.69) is 128 Å². The quantitative estimate of drug-likeness (QED) is 0.325. The summed E-state index contributed by atoms with van der Waals surface area (Å²) in [4.78, 5) is 0. The van der Waals surface area contributed by atoms with Crippen molar-refractivity contribution < 1.29 is 4.42 Å². The topological polar surface area (TPSA) is 25.2 Å². The smallest absolute Gasteiger partial charge is 0.138 e. The van der Waals surface area contributed by atoms with E-state index in [1.807, 2.05) is 12.1 Å². The lowest BCUT2D eigenvalue weighted by Gasteiger charge is -2.55. The van der Waals surface area contributed by atoms with Crippen LogP contribution in [0.25, 0.3) is 27.5 Å². The minimum Gasteiger partial charge on any atom is -0.456 e. The van der Waals surface area contributed by atoms with Crippen LogP contribution in [0.2, 0.25) is 0 Å². The summed E-state index contributed by atoms with van der Waals surface area (Å²) in [5.41, 5.74) is 6.52. The fourth-order valence-electron chi connectivity index (χ4n) is 6.56. The minimum absolute atomic E-state index is 0.0196. The predicted octanol–water partition coefficient (Wildman–Crippen LogP) is 9.22. The molecule has 1 aromatic heterocycles. The van der Waals surface area contributed by atoms with Crippen molar-refractivity contribution in [3.63, 3.8) is 0 Å². The Morgan fingerprint density at radius 2 is 1.50 bits per heavy atom. The lowest BCUT2D eigenvalue weighted by atomic mass is 9.47. The zero-order chi connectivity index (χ0) is 24.3. The third kappa shape index (κ3) is 2.97. The molecule has 0 fully saturated rings. The number of hydrogen-bond donors (Lipinski definition) is 1. The molecule has 1 heterocycles. The summed E-state index contributed by atoms with van der Waals surface area (Å²) in [6.07, 6.45) is 20.9. The van der Waals surface area contributed by atoms with Crippen molar-refractivity contribution in [3.05, 3.63) is 127 Å². The Morgan fingerprint density at radius 1 is 0.750 bits per heavy atom. The van der Waals surface area contributed by atoms with Crippen LogP contribution in [-0.4, -0.2) is 0 Å². The maximum Gasteiger partial charge on any atom is 0.138 e. The summed E-state index contributed by atoms with van der Waals surface area (Å²) in [5.74, 6) is 0.595. The van der Waals surface area contributed by atoms with E-state index in [1.165, 1.54) is 11.1 Å². The highest BCUT2D eigenvalue weighted by Crippen LogP contribution is 2.62. The van der Waals surface area contributed by atoms with Crippen molar-refractivity contribution in [2.45, 2.75) is 13.8 Å². The molecule has 0 saturated carbocycles. The molecule has 1 N–H and O–H groups in total. The molecule has 176 valence electrons. The molecule has 36 heavy (non-hydrogen) atoms. The maximum atomic E-state index is 6.43. The van der Waals surface area contributed by atoms with E-state index in [9.17, 15) is 0 Å². The molecule has 2 heteroatoms. The van der Waals surface area contributed by atoms with Crippen molar-refractivity contribution >= 4 is 38.9 Å². The first-order chi connectivity index (χ1) is 17.6. The monoisotopic (exact) mass is 467 g/mol. The maximum absolute atomic E-state index is 6.43. The summed E-state index contributed by atoms with van der Waals surface area (Å²) in [6, 6.07) is 23.3. The van der Waals surface area contributed by atoms with Crippen LogP contribution in [0.5, 0.6) is 0 Å². The van der Waals surface area contributed by atoms with Crippen LogP contribution in [0.1, 0.15) is 19.4 Å². The van der Waals surface area contributed by atoms with E-state index in [4.69, 9.17) is 4.42 Å². The summed E-state index contributed by atoms with van der Waals surface area (Å²) in [5, 5.41) is 5.97. The van der Waals surface area contributed by atoms with E-state index < -0.39 is 0 Å². The van der Waals surface area contributed by atoms with Gasteiger partial charge in [0.25, 0.3) is 0 Å². The standard InChI is InChI=1S/C34H29NO/c1-33-18-10-8-12-24(33)22-27(28-16-9-11-19-34(28,33)2)23-20-29(35-25-13-4-3-5-14-25)32-26-15-6-7-17-30(26)36-31(32)21-23/h3-22,24,28,35H,1-2H3. The van der Waals surface area contributed by atoms with Gasteiger partial charge in [-0.2, -0.15) is 0 Å². The van der Waals surface area contributed by atoms with Crippen molar-refractivity contribution in [2.24, 2.45) is 22.7 Å². The highest BCUT2D eigenvalue weighted by Gasteiger charge is 2.53. The fraction of sp³-hybridized carbons (Fsp3) is 0.176. The molecule has 0 spiro atoms. The number of allylic oxidation sites excluding steroid dienone is 10. The van der Waals surface area contributed by atoms with Gasteiger partial charge in [-0.1, -0.05) is 105 Å². The Hall–Kier alpha value is -4.04. The summed E-state index contributed by atoms with van der Waals surface area (Å²) in [7, 11) is 0. The van der Waals surface area contributed by atoms with Gasteiger partial charge in [-0.3, -0.25) is 0 Å². The van der Waals surface area contributed by atoms with Gasteiger partial charge in [-0.25, -0.2) is 0 Å². The zero-order valence-electron chi connectivity index (χ0n) is 20.6. The number of rotatable bonds is 3. The zero-order valence-corrected chi connectivity index (χ0v) is 20.6. The second kappa shape index (κ2) is 7.73. The van der Waals surface area contributed by atoms with Gasteiger partial charge < -0.3 is 9.73 Å². The Kier molecular flexibility index (Phi) is 4.56.